The molecule has 0 amide bonds. The largest absolute Gasteiger partial charge is 0.288 e. The van der Waals surface area contributed by atoms with Crippen molar-refractivity contribution in [2.75, 3.05) is 0 Å². The topological polar surface area (TPSA) is 30.0 Å². The molecular formula is C12H6F3NO. The zero-order valence-electron chi connectivity index (χ0n) is 8.45. The minimum atomic E-state index is -1.15. The highest BCUT2D eigenvalue weighted by molar-refractivity contribution is 6.09. The van der Waals surface area contributed by atoms with Crippen molar-refractivity contribution in [1.82, 2.24) is 4.98 Å². The minimum absolute atomic E-state index is 0.117. The van der Waals surface area contributed by atoms with Crippen LogP contribution in [-0.2, 0) is 0 Å². The first-order valence-electron chi connectivity index (χ1n) is 4.69. The summed E-state index contributed by atoms with van der Waals surface area (Å²) in [4.78, 5) is 15.3. The predicted octanol–water partition coefficient (Wildman–Crippen LogP) is 2.73. The summed E-state index contributed by atoms with van der Waals surface area (Å²) in [7, 11) is 0. The van der Waals surface area contributed by atoms with Crippen LogP contribution in [0.4, 0.5) is 13.2 Å². The van der Waals surface area contributed by atoms with Crippen LogP contribution in [0, 0.1) is 17.5 Å². The highest BCUT2D eigenvalue weighted by atomic mass is 19.2. The number of ketones is 1. The summed E-state index contributed by atoms with van der Waals surface area (Å²) in [6.45, 7) is 0. The van der Waals surface area contributed by atoms with Gasteiger partial charge in [-0.1, -0.05) is 0 Å². The predicted molar refractivity (Wildman–Crippen MR) is 54.0 cm³/mol. The van der Waals surface area contributed by atoms with E-state index < -0.39 is 23.2 Å². The molecule has 2 nitrogen and oxygen atoms in total. The van der Waals surface area contributed by atoms with Gasteiger partial charge < -0.3 is 0 Å². The van der Waals surface area contributed by atoms with Gasteiger partial charge in [0.25, 0.3) is 0 Å². The lowest BCUT2D eigenvalue weighted by molar-refractivity contribution is 0.103. The van der Waals surface area contributed by atoms with Gasteiger partial charge in [-0.2, -0.15) is 0 Å². The second-order valence-corrected chi connectivity index (χ2v) is 3.31. The van der Waals surface area contributed by atoms with Gasteiger partial charge in [-0.3, -0.25) is 9.78 Å². The fraction of sp³-hybridized carbons (Fsp3) is 0. The van der Waals surface area contributed by atoms with E-state index in [1.54, 1.807) is 0 Å². The summed E-state index contributed by atoms with van der Waals surface area (Å²) in [5.41, 5.74) is -0.347. The molecule has 0 bridgehead atoms. The van der Waals surface area contributed by atoms with Crippen LogP contribution in [0.1, 0.15) is 15.9 Å². The summed E-state index contributed by atoms with van der Waals surface area (Å²) in [6, 6.07) is 3.83. The smallest absolute Gasteiger partial charge is 0.196 e. The van der Waals surface area contributed by atoms with Gasteiger partial charge in [0.05, 0.1) is 11.8 Å². The Balaban J connectivity index is 2.44. The maximum absolute atomic E-state index is 13.3. The Labute approximate surface area is 94.7 Å². The number of nitrogens with zero attached hydrogens (tertiary/aromatic N) is 1. The number of pyridine rings is 1. The molecule has 0 saturated heterocycles. The zero-order valence-corrected chi connectivity index (χ0v) is 8.45. The molecule has 86 valence electrons. The Morgan fingerprint density at radius 2 is 1.76 bits per heavy atom. The van der Waals surface area contributed by atoms with Crippen molar-refractivity contribution in [3.05, 3.63) is 65.2 Å². The summed E-state index contributed by atoms with van der Waals surface area (Å²) in [5.74, 6) is -3.73. The van der Waals surface area contributed by atoms with Gasteiger partial charge in [0, 0.05) is 11.8 Å². The normalized spacial score (nSPS) is 10.3. The van der Waals surface area contributed by atoms with Crippen molar-refractivity contribution in [3.8, 4) is 0 Å². The Bertz CT molecular complexity index is 584. The lowest BCUT2D eigenvalue weighted by Gasteiger charge is -2.02. The van der Waals surface area contributed by atoms with E-state index in [2.05, 4.69) is 4.98 Å². The van der Waals surface area contributed by atoms with Crippen LogP contribution in [0.5, 0.6) is 0 Å². The molecule has 2 rings (SSSR count). The fourth-order valence-corrected chi connectivity index (χ4v) is 1.35. The van der Waals surface area contributed by atoms with Gasteiger partial charge in [0.15, 0.2) is 23.2 Å². The molecule has 0 unspecified atom stereocenters. The number of aromatic nitrogens is 1. The van der Waals surface area contributed by atoms with E-state index in [9.17, 15) is 18.0 Å². The number of hydrogen-bond donors (Lipinski definition) is 0. The summed E-state index contributed by atoms with van der Waals surface area (Å²) in [6.07, 6.45) is 2.13. The van der Waals surface area contributed by atoms with Crippen LogP contribution in [0.15, 0.2) is 36.7 Å². The van der Waals surface area contributed by atoms with E-state index in [0.29, 0.717) is 0 Å². The van der Waals surface area contributed by atoms with Crippen molar-refractivity contribution in [3.63, 3.8) is 0 Å². The molecule has 1 aromatic carbocycles. The van der Waals surface area contributed by atoms with Crippen molar-refractivity contribution >= 4 is 5.78 Å². The molecule has 1 heterocycles. The lowest BCUT2D eigenvalue weighted by Crippen LogP contribution is -2.05. The van der Waals surface area contributed by atoms with Gasteiger partial charge in [0.2, 0.25) is 0 Å². The molecule has 0 spiro atoms. The first-order chi connectivity index (χ1) is 8.09. The summed E-state index contributed by atoms with van der Waals surface area (Å²) >= 11 is 0. The molecule has 0 aliphatic heterocycles. The first-order valence-corrected chi connectivity index (χ1v) is 4.69. The van der Waals surface area contributed by atoms with Crippen LogP contribution < -0.4 is 0 Å². The molecule has 0 saturated carbocycles. The Morgan fingerprint density at radius 3 is 2.41 bits per heavy atom. The molecule has 0 N–H and O–H groups in total. The SMILES string of the molecule is O=C(c1ccc(F)c(F)c1)c1ccncc1F. The van der Waals surface area contributed by atoms with E-state index in [1.165, 1.54) is 12.3 Å². The number of benzene rings is 1. The standard InChI is InChI=1S/C12H6F3NO/c13-9-2-1-7(5-10(9)14)12(17)8-3-4-16-6-11(8)15/h1-6H. The average molecular weight is 237 g/mol. The number of rotatable bonds is 2. The Kier molecular flexibility index (Phi) is 2.91. The Morgan fingerprint density at radius 1 is 1.00 bits per heavy atom. The number of carbonyl (C=O) groups is 1. The monoisotopic (exact) mass is 237 g/mol. The molecule has 5 heteroatoms. The van der Waals surface area contributed by atoms with Gasteiger partial charge in [-0.05, 0) is 24.3 Å². The van der Waals surface area contributed by atoms with Crippen LogP contribution in [-0.4, -0.2) is 10.8 Å². The maximum atomic E-state index is 13.3. The van der Waals surface area contributed by atoms with E-state index in [4.69, 9.17) is 0 Å². The van der Waals surface area contributed by atoms with Crippen molar-refractivity contribution in [2.24, 2.45) is 0 Å². The number of halogens is 3. The molecule has 2 aromatic rings. The number of hydrogen-bond acceptors (Lipinski definition) is 2. The van der Waals surface area contributed by atoms with Crippen molar-refractivity contribution in [1.29, 1.82) is 0 Å². The molecule has 17 heavy (non-hydrogen) atoms. The van der Waals surface area contributed by atoms with Crippen LogP contribution >= 0.6 is 0 Å². The van der Waals surface area contributed by atoms with Crippen LogP contribution in [0.25, 0.3) is 0 Å². The summed E-state index contributed by atoms with van der Waals surface area (Å²) in [5, 5.41) is 0. The molecular weight excluding hydrogens is 231 g/mol. The molecule has 1 aromatic heterocycles. The molecule has 0 radical (unpaired) electrons. The zero-order chi connectivity index (χ0) is 12.4. The van der Waals surface area contributed by atoms with Crippen LogP contribution in [0.3, 0.4) is 0 Å². The van der Waals surface area contributed by atoms with Crippen molar-refractivity contribution < 1.29 is 18.0 Å². The molecule has 0 aliphatic rings. The van der Waals surface area contributed by atoms with E-state index in [1.807, 2.05) is 0 Å². The minimum Gasteiger partial charge on any atom is -0.288 e. The average Bonchev–Trinajstić information content (AvgIpc) is 2.32. The van der Waals surface area contributed by atoms with Gasteiger partial charge in [-0.25, -0.2) is 13.2 Å². The van der Waals surface area contributed by atoms with Crippen LogP contribution in [0.2, 0.25) is 0 Å². The van der Waals surface area contributed by atoms with E-state index in [0.717, 1.165) is 24.4 Å². The van der Waals surface area contributed by atoms with Gasteiger partial charge in [-0.15, -0.1) is 0 Å². The highest BCUT2D eigenvalue weighted by Crippen LogP contribution is 2.15. The maximum Gasteiger partial charge on any atom is 0.196 e. The second-order valence-electron chi connectivity index (χ2n) is 3.31. The Hall–Kier alpha value is -2.17. The first kappa shape index (κ1) is 11.3. The van der Waals surface area contributed by atoms with E-state index in [-0.39, 0.29) is 11.1 Å². The summed E-state index contributed by atoms with van der Waals surface area (Å²) < 4.78 is 38.9. The fourth-order valence-electron chi connectivity index (χ4n) is 1.35. The second kappa shape index (κ2) is 4.37. The molecule has 0 atom stereocenters. The van der Waals surface area contributed by atoms with E-state index >= 15 is 0 Å². The van der Waals surface area contributed by atoms with Gasteiger partial charge >= 0.3 is 0 Å². The molecule has 0 fully saturated rings. The molecule has 0 aliphatic carbocycles. The lowest BCUT2D eigenvalue weighted by atomic mass is 10.0. The third kappa shape index (κ3) is 2.18. The number of carbonyl (C=O) groups excluding carboxylic acids is 1. The third-order valence-corrected chi connectivity index (χ3v) is 2.20. The van der Waals surface area contributed by atoms with Gasteiger partial charge in [0.1, 0.15) is 0 Å². The quantitative estimate of drug-likeness (QED) is 0.751. The van der Waals surface area contributed by atoms with Crippen molar-refractivity contribution in [2.45, 2.75) is 0 Å². The third-order valence-electron chi connectivity index (χ3n) is 2.20. The highest BCUT2D eigenvalue weighted by Gasteiger charge is 2.15.